The molecule has 0 spiro atoms. The molecule has 0 unspecified atom stereocenters. The number of aromatic nitrogens is 3. The lowest BCUT2D eigenvalue weighted by atomic mass is 10.1. The fraction of sp³-hybridized carbons (Fsp3) is 0.370. The lowest BCUT2D eigenvalue weighted by molar-refractivity contribution is -0.129. The first-order valence-electron chi connectivity index (χ1n) is 12.0. The molecule has 7 nitrogen and oxygen atoms in total. The number of amides is 1. The molecular weight excluding hydrogens is 426 g/mol. The number of imidazole rings is 1. The summed E-state index contributed by atoms with van der Waals surface area (Å²) in [6.45, 7) is 6.63. The van der Waals surface area contributed by atoms with Gasteiger partial charge in [-0.15, -0.1) is 0 Å². The molecule has 0 saturated heterocycles. The average molecular weight is 460 g/mol. The molecule has 178 valence electrons. The van der Waals surface area contributed by atoms with Gasteiger partial charge >= 0.3 is 0 Å². The predicted molar refractivity (Wildman–Crippen MR) is 137 cm³/mol. The van der Waals surface area contributed by atoms with Crippen LogP contribution < -0.4 is 10.5 Å². The maximum absolute atomic E-state index is 12.2. The van der Waals surface area contributed by atoms with Gasteiger partial charge in [0.05, 0.1) is 24.0 Å². The molecule has 2 N–H and O–H groups in total. The second-order valence-corrected chi connectivity index (χ2v) is 8.64. The molecule has 0 aliphatic heterocycles. The van der Waals surface area contributed by atoms with Crippen molar-refractivity contribution < 1.29 is 9.53 Å². The number of ether oxygens (including phenoxy) is 1. The van der Waals surface area contributed by atoms with Crippen molar-refractivity contribution in [3.63, 3.8) is 0 Å². The predicted octanol–water partition coefficient (Wildman–Crippen LogP) is 5.17. The maximum atomic E-state index is 12.2. The van der Waals surface area contributed by atoms with Gasteiger partial charge in [-0.05, 0) is 43.0 Å². The Balaban J connectivity index is 1.35. The summed E-state index contributed by atoms with van der Waals surface area (Å²) in [5, 5.41) is 1.05. The van der Waals surface area contributed by atoms with Crippen LogP contribution in [0.25, 0.3) is 21.9 Å². The number of aryl methyl sites for hydroxylation is 1. The van der Waals surface area contributed by atoms with Crippen molar-refractivity contribution in [2.45, 2.75) is 52.6 Å². The van der Waals surface area contributed by atoms with Gasteiger partial charge in [-0.25, -0.2) is 9.97 Å². The summed E-state index contributed by atoms with van der Waals surface area (Å²) in [7, 11) is 0. The van der Waals surface area contributed by atoms with E-state index in [1.54, 1.807) is 6.92 Å². The Hall–Kier alpha value is -3.61. The van der Waals surface area contributed by atoms with Crippen LogP contribution in [-0.2, 0) is 17.9 Å². The Kier molecular flexibility index (Phi) is 7.62. The van der Waals surface area contributed by atoms with Gasteiger partial charge in [0.25, 0.3) is 0 Å². The van der Waals surface area contributed by atoms with Gasteiger partial charge in [-0.3, -0.25) is 4.79 Å². The minimum atomic E-state index is 0.0844. The standard InChI is InChI=1S/C27H33N5O2/c1-3-4-17-34-22-13-11-21(12-14-22)18-31(20(2)33)15-7-8-16-32-19-29-25-26(32)23-9-5-6-10-24(23)30-27(25)28/h5-6,9-14,19H,3-4,7-8,15-18H2,1-2H3,(H2,28,30). The SMILES string of the molecule is CCCCOc1ccc(CN(CCCCn2cnc3c(N)nc4ccccc4c32)C(C)=O)cc1. The van der Waals surface area contributed by atoms with Gasteiger partial charge in [0, 0.05) is 31.9 Å². The van der Waals surface area contributed by atoms with E-state index in [-0.39, 0.29) is 5.91 Å². The molecule has 0 fully saturated rings. The Morgan fingerprint density at radius 3 is 2.65 bits per heavy atom. The Morgan fingerprint density at radius 1 is 1.09 bits per heavy atom. The van der Waals surface area contributed by atoms with E-state index < -0.39 is 0 Å². The normalized spacial score (nSPS) is 11.2. The molecule has 2 heterocycles. The number of carbonyl (C=O) groups excluding carboxylic acids is 1. The third kappa shape index (κ3) is 5.47. The molecule has 1 amide bonds. The summed E-state index contributed by atoms with van der Waals surface area (Å²) in [6.07, 6.45) is 5.83. The van der Waals surface area contributed by atoms with E-state index in [1.165, 1.54) is 0 Å². The molecule has 0 bridgehead atoms. The number of hydrogen-bond donors (Lipinski definition) is 1. The number of nitrogens with two attached hydrogens (primary N) is 1. The first-order chi connectivity index (χ1) is 16.6. The van der Waals surface area contributed by atoms with E-state index in [2.05, 4.69) is 27.5 Å². The van der Waals surface area contributed by atoms with E-state index in [0.717, 1.165) is 72.1 Å². The number of nitrogen functional groups attached to an aromatic ring is 1. The molecule has 0 saturated carbocycles. The number of benzene rings is 2. The summed E-state index contributed by atoms with van der Waals surface area (Å²) in [5.74, 6) is 1.42. The van der Waals surface area contributed by atoms with Crippen LogP contribution in [-0.4, -0.2) is 38.5 Å². The summed E-state index contributed by atoms with van der Waals surface area (Å²) in [4.78, 5) is 23.1. The van der Waals surface area contributed by atoms with Crippen molar-refractivity contribution in [1.29, 1.82) is 0 Å². The van der Waals surface area contributed by atoms with E-state index in [9.17, 15) is 4.79 Å². The molecule has 0 radical (unpaired) electrons. The van der Waals surface area contributed by atoms with Crippen LogP contribution in [0.15, 0.2) is 54.9 Å². The van der Waals surface area contributed by atoms with Crippen LogP contribution >= 0.6 is 0 Å². The second-order valence-electron chi connectivity index (χ2n) is 8.64. The van der Waals surface area contributed by atoms with Crippen LogP contribution in [0.2, 0.25) is 0 Å². The van der Waals surface area contributed by atoms with Crippen molar-refractivity contribution in [2.75, 3.05) is 18.9 Å². The van der Waals surface area contributed by atoms with Crippen molar-refractivity contribution in [3.05, 3.63) is 60.4 Å². The summed E-state index contributed by atoms with van der Waals surface area (Å²) in [5.41, 5.74) is 9.88. The first-order valence-corrected chi connectivity index (χ1v) is 12.0. The van der Waals surface area contributed by atoms with Crippen LogP contribution in [0, 0.1) is 0 Å². The lowest BCUT2D eigenvalue weighted by Gasteiger charge is -2.21. The molecule has 0 aliphatic carbocycles. The van der Waals surface area contributed by atoms with Crippen molar-refractivity contribution >= 4 is 33.7 Å². The highest BCUT2D eigenvalue weighted by Gasteiger charge is 2.13. The van der Waals surface area contributed by atoms with Crippen molar-refractivity contribution in [3.8, 4) is 5.75 Å². The molecular formula is C27H33N5O2. The molecule has 2 aromatic carbocycles. The Morgan fingerprint density at radius 2 is 1.88 bits per heavy atom. The van der Waals surface area contributed by atoms with Crippen LogP contribution in [0.1, 0.15) is 45.1 Å². The number of fused-ring (bicyclic) bond motifs is 3. The summed E-state index contributed by atoms with van der Waals surface area (Å²) >= 11 is 0. The number of para-hydroxylation sites is 1. The van der Waals surface area contributed by atoms with E-state index >= 15 is 0 Å². The van der Waals surface area contributed by atoms with Crippen molar-refractivity contribution in [2.24, 2.45) is 0 Å². The largest absolute Gasteiger partial charge is 0.494 e. The van der Waals surface area contributed by atoms with E-state index in [4.69, 9.17) is 10.5 Å². The Bertz CT molecular complexity index is 1250. The van der Waals surface area contributed by atoms with Gasteiger partial charge in [-0.2, -0.15) is 0 Å². The number of carbonyl (C=O) groups is 1. The smallest absolute Gasteiger partial charge is 0.219 e. The summed E-state index contributed by atoms with van der Waals surface area (Å²) in [6, 6.07) is 16.0. The third-order valence-electron chi connectivity index (χ3n) is 6.07. The second kappa shape index (κ2) is 11.0. The fourth-order valence-electron chi connectivity index (χ4n) is 4.15. The third-order valence-corrected chi connectivity index (χ3v) is 6.07. The van der Waals surface area contributed by atoms with E-state index in [1.807, 2.05) is 53.7 Å². The molecule has 0 atom stereocenters. The molecule has 34 heavy (non-hydrogen) atoms. The average Bonchev–Trinajstić information content (AvgIpc) is 3.27. The number of hydrogen-bond acceptors (Lipinski definition) is 5. The monoisotopic (exact) mass is 459 g/mol. The van der Waals surface area contributed by atoms with Crippen LogP contribution in [0.3, 0.4) is 0 Å². The molecule has 2 aromatic heterocycles. The zero-order valence-electron chi connectivity index (χ0n) is 20.0. The highest BCUT2D eigenvalue weighted by Crippen LogP contribution is 2.27. The van der Waals surface area contributed by atoms with Gasteiger partial charge in [0.1, 0.15) is 11.3 Å². The molecule has 7 heteroatoms. The van der Waals surface area contributed by atoms with Crippen LogP contribution in [0.4, 0.5) is 5.82 Å². The molecule has 0 aliphatic rings. The highest BCUT2D eigenvalue weighted by atomic mass is 16.5. The van der Waals surface area contributed by atoms with Gasteiger partial charge < -0.3 is 19.9 Å². The van der Waals surface area contributed by atoms with E-state index in [0.29, 0.717) is 18.9 Å². The minimum absolute atomic E-state index is 0.0844. The number of nitrogens with zero attached hydrogens (tertiary/aromatic N) is 4. The van der Waals surface area contributed by atoms with Gasteiger partial charge in [-0.1, -0.05) is 43.7 Å². The van der Waals surface area contributed by atoms with Gasteiger partial charge in [0.15, 0.2) is 5.82 Å². The number of rotatable bonds is 11. The quantitative estimate of drug-likeness (QED) is 0.313. The first kappa shape index (κ1) is 23.5. The van der Waals surface area contributed by atoms with Crippen LogP contribution in [0.5, 0.6) is 5.75 Å². The molecule has 4 aromatic rings. The van der Waals surface area contributed by atoms with Crippen molar-refractivity contribution in [1.82, 2.24) is 19.4 Å². The number of pyridine rings is 1. The topological polar surface area (TPSA) is 86.3 Å². The Labute approximate surface area is 200 Å². The number of unbranched alkanes of at least 4 members (excludes halogenated alkanes) is 2. The summed E-state index contributed by atoms with van der Waals surface area (Å²) < 4.78 is 7.88. The highest BCUT2D eigenvalue weighted by molar-refractivity contribution is 6.06. The molecule has 4 rings (SSSR count). The minimum Gasteiger partial charge on any atom is -0.494 e. The number of anilines is 1. The maximum Gasteiger partial charge on any atom is 0.219 e. The lowest BCUT2D eigenvalue weighted by Crippen LogP contribution is -2.29. The fourth-order valence-corrected chi connectivity index (χ4v) is 4.15. The zero-order valence-corrected chi connectivity index (χ0v) is 20.0. The van der Waals surface area contributed by atoms with Gasteiger partial charge in [0.2, 0.25) is 5.91 Å². The zero-order chi connectivity index (χ0) is 23.9.